The Hall–Kier alpha value is -1.73. The molecule has 0 N–H and O–H groups in total. The molecular formula is C15H15N. The first-order chi connectivity index (χ1) is 7.95. The molecule has 0 radical (unpaired) electrons. The van der Waals surface area contributed by atoms with Gasteiger partial charge in [0.05, 0.1) is 0 Å². The van der Waals surface area contributed by atoms with Crippen LogP contribution in [-0.4, -0.2) is 4.98 Å². The Balaban J connectivity index is 2.08. The van der Waals surface area contributed by atoms with Gasteiger partial charge >= 0.3 is 0 Å². The molecule has 16 heavy (non-hydrogen) atoms. The van der Waals surface area contributed by atoms with E-state index in [4.69, 9.17) is 0 Å². The third kappa shape index (κ3) is 3.44. The van der Waals surface area contributed by atoms with E-state index in [1.54, 1.807) is 0 Å². The average Bonchev–Trinajstić information content (AvgIpc) is 2.33. The zero-order valence-corrected chi connectivity index (χ0v) is 9.42. The van der Waals surface area contributed by atoms with Crippen molar-refractivity contribution in [1.29, 1.82) is 0 Å². The van der Waals surface area contributed by atoms with Crippen molar-refractivity contribution < 1.29 is 0 Å². The molecule has 0 unspecified atom stereocenters. The zero-order chi connectivity index (χ0) is 11.1. The van der Waals surface area contributed by atoms with Crippen LogP contribution in [0.4, 0.5) is 0 Å². The predicted octanol–water partition coefficient (Wildman–Crippen LogP) is 2.75. The van der Waals surface area contributed by atoms with Crippen LogP contribution in [0.1, 0.15) is 36.9 Å². The highest BCUT2D eigenvalue weighted by Crippen LogP contribution is 2.07. The second-order valence-corrected chi connectivity index (χ2v) is 3.97. The van der Waals surface area contributed by atoms with E-state index >= 15 is 0 Å². The van der Waals surface area contributed by atoms with Crippen molar-refractivity contribution in [2.24, 2.45) is 0 Å². The van der Waals surface area contributed by atoms with E-state index in [1.165, 1.54) is 11.3 Å². The highest BCUT2D eigenvalue weighted by Gasteiger charge is 1.96. The fourth-order valence-electron chi connectivity index (χ4n) is 1.70. The Bertz CT molecular complexity index is 403. The molecule has 3 rings (SSSR count). The standard InChI is InChI=1S/C15H15N/c1-2-4-6-8-10-15-12-11-14(13-16-15)9-7-5-3-1/h11-13H,5-10H2. The van der Waals surface area contributed by atoms with E-state index in [-0.39, 0.29) is 0 Å². The Morgan fingerprint density at radius 3 is 2.38 bits per heavy atom. The van der Waals surface area contributed by atoms with E-state index in [9.17, 15) is 0 Å². The normalized spacial score (nSPS) is 15.2. The molecule has 0 saturated heterocycles. The molecule has 2 bridgehead atoms. The van der Waals surface area contributed by atoms with Gasteiger partial charge in [-0.3, -0.25) is 4.98 Å². The van der Waals surface area contributed by atoms with Crippen molar-refractivity contribution in [3.05, 3.63) is 29.6 Å². The van der Waals surface area contributed by atoms with Crippen LogP contribution in [0, 0.1) is 23.7 Å². The van der Waals surface area contributed by atoms with Gasteiger partial charge in [-0.25, -0.2) is 0 Å². The summed E-state index contributed by atoms with van der Waals surface area (Å²) in [4.78, 5) is 4.46. The topological polar surface area (TPSA) is 12.9 Å². The number of aromatic nitrogens is 1. The van der Waals surface area contributed by atoms with Gasteiger partial charge in [-0.05, 0) is 49.2 Å². The van der Waals surface area contributed by atoms with Gasteiger partial charge in [-0.2, -0.15) is 0 Å². The lowest BCUT2D eigenvalue weighted by Gasteiger charge is -2.02. The summed E-state index contributed by atoms with van der Waals surface area (Å²) in [5.41, 5.74) is 2.49. The van der Waals surface area contributed by atoms with Crippen molar-refractivity contribution >= 4 is 0 Å². The highest BCUT2D eigenvalue weighted by atomic mass is 14.7. The first-order valence-electron chi connectivity index (χ1n) is 5.85. The highest BCUT2D eigenvalue weighted by molar-refractivity contribution is 5.26. The largest absolute Gasteiger partial charge is 0.261 e. The number of fused-ring (bicyclic) bond motifs is 9. The van der Waals surface area contributed by atoms with Gasteiger partial charge in [0.25, 0.3) is 0 Å². The van der Waals surface area contributed by atoms with Gasteiger partial charge in [0.2, 0.25) is 0 Å². The second-order valence-electron chi connectivity index (χ2n) is 3.97. The Morgan fingerprint density at radius 1 is 0.938 bits per heavy atom. The number of hydrogen-bond donors (Lipinski definition) is 0. The molecule has 1 aliphatic carbocycles. The van der Waals surface area contributed by atoms with E-state index in [1.807, 2.05) is 6.20 Å². The molecule has 80 valence electrons. The summed E-state index contributed by atoms with van der Waals surface area (Å²) in [7, 11) is 0. The van der Waals surface area contributed by atoms with Crippen LogP contribution in [0.25, 0.3) is 0 Å². The van der Waals surface area contributed by atoms with E-state index < -0.39 is 0 Å². The molecule has 1 aromatic rings. The molecule has 0 fully saturated rings. The molecule has 1 heteroatoms. The maximum absolute atomic E-state index is 4.46. The van der Waals surface area contributed by atoms with Crippen molar-refractivity contribution in [3.63, 3.8) is 0 Å². The Labute approximate surface area is 97.3 Å². The minimum Gasteiger partial charge on any atom is -0.261 e. The molecule has 2 aliphatic rings. The minimum atomic E-state index is 0.915. The number of nitrogens with zero attached hydrogens (tertiary/aromatic N) is 1. The average molecular weight is 209 g/mol. The third-order valence-corrected chi connectivity index (χ3v) is 2.63. The minimum absolute atomic E-state index is 0.915. The zero-order valence-electron chi connectivity index (χ0n) is 9.42. The molecule has 0 aromatic carbocycles. The van der Waals surface area contributed by atoms with Crippen molar-refractivity contribution in [2.45, 2.75) is 38.5 Å². The van der Waals surface area contributed by atoms with Gasteiger partial charge in [0.1, 0.15) is 0 Å². The molecule has 0 saturated carbocycles. The summed E-state index contributed by atoms with van der Waals surface area (Å²) in [5.74, 6) is 12.0. The fourth-order valence-corrected chi connectivity index (χ4v) is 1.70. The smallest absolute Gasteiger partial charge is 0.0404 e. The first-order valence-corrected chi connectivity index (χ1v) is 5.85. The number of pyridine rings is 1. The molecule has 1 aliphatic heterocycles. The van der Waals surface area contributed by atoms with Gasteiger partial charge < -0.3 is 0 Å². The van der Waals surface area contributed by atoms with Crippen molar-refractivity contribution in [2.75, 3.05) is 0 Å². The van der Waals surface area contributed by atoms with Gasteiger partial charge in [-0.1, -0.05) is 17.9 Å². The summed E-state index contributed by atoms with van der Waals surface area (Å²) < 4.78 is 0. The van der Waals surface area contributed by atoms with E-state index in [0.29, 0.717) is 0 Å². The SMILES string of the molecule is C1#CCCCc2ccc(nc2)CCCC#C1. The molecule has 2 heterocycles. The summed E-state index contributed by atoms with van der Waals surface area (Å²) in [6, 6.07) is 4.33. The third-order valence-electron chi connectivity index (χ3n) is 2.63. The molecule has 1 aromatic heterocycles. The number of rotatable bonds is 0. The lowest BCUT2D eigenvalue weighted by Crippen LogP contribution is -1.93. The number of aryl methyl sites for hydroxylation is 2. The summed E-state index contributed by atoms with van der Waals surface area (Å²) in [6.07, 6.45) is 8.09. The van der Waals surface area contributed by atoms with Gasteiger partial charge in [0, 0.05) is 24.7 Å². The van der Waals surface area contributed by atoms with Crippen LogP contribution in [0.3, 0.4) is 0 Å². The number of hydrogen-bond acceptors (Lipinski definition) is 1. The van der Waals surface area contributed by atoms with Gasteiger partial charge in [0.15, 0.2) is 0 Å². The second kappa shape index (κ2) is 5.99. The van der Waals surface area contributed by atoms with Gasteiger partial charge in [-0.15, -0.1) is 0 Å². The van der Waals surface area contributed by atoms with E-state index in [2.05, 4.69) is 40.8 Å². The lowest BCUT2D eigenvalue weighted by atomic mass is 10.1. The van der Waals surface area contributed by atoms with Crippen molar-refractivity contribution in [3.8, 4) is 23.7 Å². The van der Waals surface area contributed by atoms with Crippen LogP contribution in [0.2, 0.25) is 0 Å². The van der Waals surface area contributed by atoms with Crippen LogP contribution < -0.4 is 0 Å². The summed E-state index contributed by atoms with van der Waals surface area (Å²) in [6.45, 7) is 0. The van der Waals surface area contributed by atoms with Crippen LogP contribution >= 0.6 is 0 Å². The quantitative estimate of drug-likeness (QED) is 0.599. The Morgan fingerprint density at radius 2 is 1.69 bits per heavy atom. The maximum atomic E-state index is 4.46. The summed E-state index contributed by atoms with van der Waals surface area (Å²) in [5, 5.41) is 0. The van der Waals surface area contributed by atoms with Crippen LogP contribution in [-0.2, 0) is 12.8 Å². The first kappa shape index (κ1) is 10.8. The summed E-state index contributed by atoms with van der Waals surface area (Å²) >= 11 is 0. The van der Waals surface area contributed by atoms with Crippen LogP contribution in [0.5, 0.6) is 0 Å². The maximum Gasteiger partial charge on any atom is 0.0404 e. The van der Waals surface area contributed by atoms with Crippen LogP contribution in [0.15, 0.2) is 18.3 Å². The Kier molecular flexibility index (Phi) is 4.03. The molecule has 1 nitrogen and oxygen atoms in total. The molecule has 0 amide bonds. The van der Waals surface area contributed by atoms with Crippen molar-refractivity contribution in [1.82, 2.24) is 4.98 Å². The predicted molar refractivity (Wildman–Crippen MR) is 65.7 cm³/mol. The van der Waals surface area contributed by atoms with E-state index in [0.717, 1.165) is 38.5 Å². The lowest BCUT2D eigenvalue weighted by molar-refractivity contribution is 0.816. The molecule has 0 atom stereocenters. The molecule has 0 spiro atoms. The monoisotopic (exact) mass is 209 g/mol. The molecular weight excluding hydrogens is 194 g/mol. The fraction of sp³-hybridized carbons (Fsp3) is 0.400.